The van der Waals surface area contributed by atoms with Crippen LogP contribution < -0.4 is 4.74 Å². The third kappa shape index (κ3) is 6.85. The summed E-state index contributed by atoms with van der Waals surface area (Å²) >= 11 is 0. The summed E-state index contributed by atoms with van der Waals surface area (Å²) in [5.74, 6) is 0.521. The first-order chi connectivity index (χ1) is 9.18. The van der Waals surface area contributed by atoms with Crippen molar-refractivity contribution < 1.29 is 30.3 Å². The number of ether oxygens (including phenoxy) is 1. The maximum atomic E-state index is 11.2. The van der Waals surface area contributed by atoms with Crippen molar-refractivity contribution in [3.63, 3.8) is 0 Å². The molecule has 0 aliphatic heterocycles. The molecule has 0 saturated heterocycles. The highest BCUT2D eigenvalue weighted by Crippen LogP contribution is 2.16. The Hall–Kier alpha value is -1.16. The van der Waals surface area contributed by atoms with Crippen molar-refractivity contribution in [1.82, 2.24) is 0 Å². The Balaban J connectivity index is 2.29. The monoisotopic (exact) mass is 324 g/mol. The minimum absolute atomic E-state index is 0.116. The van der Waals surface area contributed by atoms with Gasteiger partial charge in [0, 0.05) is 6.26 Å². The molecule has 0 bridgehead atoms. The van der Waals surface area contributed by atoms with Crippen molar-refractivity contribution in [3.8, 4) is 5.75 Å². The summed E-state index contributed by atoms with van der Waals surface area (Å²) in [6.45, 7) is 0.211. The van der Waals surface area contributed by atoms with E-state index >= 15 is 0 Å². The van der Waals surface area contributed by atoms with E-state index in [-0.39, 0.29) is 11.5 Å². The lowest BCUT2D eigenvalue weighted by Gasteiger charge is -2.06. The lowest BCUT2D eigenvalue weighted by Crippen LogP contribution is -2.06. The van der Waals surface area contributed by atoms with Crippen LogP contribution in [0.15, 0.2) is 29.2 Å². The Morgan fingerprint density at radius 3 is 2.05 bits per heavy atom. The van der Waals surface area contributed by atoms with E-state index in [1.54, 1.807) is 12.1 Å². The molecule has 9 heteroatoms. The molecule has 20 heavy (non-hydrogen) atoms. The van der Waals surface area contributed by atoms with Crippen LogP contribution in [0.5, 0.6) is 5.75 Å². The molecule has 0 radical (unpaired) electrons. The van der Waals surface area contributed by atoms with Crippen LogP contribution in [0.25, 0.3) is 0 Å². The van der Waals surface area contributed by atoms with Crippen LogP contribution in [0.4, 0.5) is 0 Å². The average Bonchev–Trinajstić information content (AvgIpc) is 2.32. The maximum Gasteiger partial charge on any atom is 0.397 e. The first kappa shape index (κ1) is 16.9. The molecule has 0 aliphatic rings. The van der Waals surface area contributed by atoms with Crippen molar-refractivity contribution in [2.24, 2.45) is 0 Å². The standard InChI is InChI=1S/C11H16O7S2/c1-19(12,13)11-6-4-10(5-7-11)17-8-2-3-9-18-20(14,15)16/h4-7H,2-3,8-9H2,1H3,(H,14,15,16). The summed E-state index contributed by atoms with van der Waals surface area (Å²) in [7, 11) is -7.60. The third-order valence-corrected chi connectivity index (χ3v) is 3.88. The zero-order chi connectivity index (χ0) is 15.2. The summed E-state index contributed by atoms with van der Waals surface area (Å²) in [5, 5.41) is 0. The van der Waals surface area contributed by atoms with Gasteiger partial charge in [0.25, 0.3) is 0 Å². The van der Waals surface area contributed by atoms with Crippen LogP contribution in [0.1, 0.15) is 12.8 Å². The smallest absolute Gasteiger partial charge is 0.397 e. The highest BCUT2D eigenvalue weighted by Gasteiger charge is 2.06. The van der Waals surface area contributed by atoms with Gasteiger partial charge in [-0.1, -0.05) is 0 Å². The maximum absolute atomic E-state index is 11.2. The van der Waals surface area contributed by atoms with E-state index in [1.807, 2.05) is 0 Å². The second-order valence-electron chi connectivity index (χ2n) is 4.05. The van der Waals surface area contributed by atoms with Crippen LogP contribution in [-0.2, 0) is 24.4 Å². The summed E-state index contributed by atoms with van der Waals surface area (Å²) in [6.07, 6.45) is 2.06. The van der Waals surface area contributed by atoms with Crippen LogP contribution in [0.3, 0.4) is 0 Å². The first-order valence-electron chi connectivity index (χ1n) is 5.73. The number of sulfone groups is 1. The molecule has 1 N–H and O–H groups in total. The highest BCUT2D eigenvalue weighted by molar-refractivity contribution is 7.90. The molecule has 0 amide bonds. The van der Waals surface area contributed by atoms with Gasteiger partial charge >= 0.3 is 10.4 Å². The molecule has 0 saturated carbocycles. The number of unbranched alkanes of at least 4 members (excludes halogenated alkanes) is 1. The van der Waals surface area contributed by atoms with Crippen molar-refractivity contribution in [3.05, 3.63) is 24.3 Å². The van der Waals surface area contributed by atoms with E-state index in [9.17, 15) is 16.8 Å². The molecule has 1 aromatic carbocycles. The zero-order valence-corrected chi connectivity index (χ0v) is 12.5. The fourth-order valence-electron chi connectivity index (χ4n) is 1.34. The Kier molecular flexibility index (Phi) is 5.93. The van der Waals surface area contributed by atoms with E-state index in [4.69, 9.17) is 9.29 Å². The predicted molar refractivity (Wildman–Crippen MR) is 71.8 cm³/mol. The van der Waals surface area contributed by atoms with Gasteiger partial charge in [0.05, 0.1) is 18.1 Å². The van der Waals surface area contributed by atoms with Crippen molar-refractivity contribution in [2.45, 2.75) is 17.7 Å². The van der Waals surface area contributed by atoms with E-state index in [0.717, 1.165) is 6.26 Å². The van der Waals surface area contributed by atoms with Gasteiger partial charge in [0.1, 0.15) is 5.75 Å². The third-order valence-electron chi connectivity index (χ3n) is 2.29. The molecule has 0 atom stereocenters. The second kappa shape index (κ2) is 7.02. The molecule has 114 valence electrons. The normalized spacial score (nSPS) is 12.3. The Morgan fingerprint density at radius 2 is 1.55 bits per heavy atom. The highest BCUT2D eigenvalue weighted by atomic mass is 32.3. The lowest BCUT2D eigenvalue weighted by atomic mass is 10.3. The van der Waals surface area contributed by atoms with Gasteiger partial charge in [0.2, 0.25) is 0 Å². The fraction of sp³-hybridized carbons (Fsp3) is 0.455. The van der Waals surface area contributed by atoms with Gasteiger partial charge in [0.15, 0.2) is 9.84 Å². The van der Waals surface area contributed by atoms with E-state index in [2.05, 4.69) is 4.18 Å². The Labute approximate surface area is 118 Å². The van der Waals surface area contributed by atoms with Crippen molar-refractivity contribution in [1.29, 1.82) is 0 Å². The van der Waals surface area contributed by atoms with Gasteiger partial charge in [-0.15, -0.1) is 0 Å². The molecule has 1 rings (SSSR count). The van der Waals surface area contributed by atoms with Gasteiger partial charge in [-0.2, -0.15) is 8.42 Å². The van der Waals surface area contributed by atoms with Gasteiger partial charge in [-0.05, 0) is 37.1 Å². The Morgan fingerprint density at radius 1 is 1.00 bits per heavy atom. The summed E-state index contributed by atoms with van der Waals surface area (Å²) in [5.41, 5.74) is 0. The van der Waals surface area contributed by atoms with Gasteiger partial charge in [-0.3, -0.25) is 4.55 Å². The summed E-state index contributed by atoms with van der Waals surface area (Å²) < 4.78 is 60.8. The van der Waals surface area contributed by atoms with E-state index in [1.165, 1.54) is 12.1 Å². The Bertz CT molecular complexity index is 617. The zero-order valence-electron chi connectivity index (χ0n) is 10.9. The number of benzene rings is 1. The number of rotatable bonds is 8. The molecule has 0 unspecified atom stereocenters. The minimum Gasteiger partial charge on any atom is -0.494 e. The van der Waals surface area contributed by atoms with Crippen LogP contribution in [0, 0.1) is 0 Å². The SMILES string of the molecule is CS(=O)(=O)c1ccc(OCCCCOS(=O)(=O)O)cc1. The molecule has 0 fully saturated rings. The fourth-order valence-corrected chi connectivity index (χ4v) is 2.30. The van der Waals surface area contributed by atoms with Gasteiger partial charge < -0.3 is 4.74 Å². The molecule has 0 heterocycles. The predicted octanol–water partition coefficient (Wildman–Crippen LogP) is 1.07. The number of hydrogen-bond acceptors (Lipinski definition) is 6. The topological polar surface area (TPSA) is 107 Å². The van der Waals surface area contributed by atoms with Crippen molar-refractivity contribution in [2.75, 3.05) is 19.5 Å². The van der Waals surface area contributed by atoms with Crippen LogP contribution >= 0.6 is 0 Å². The summed E-state index contributed by atoms with van der Waals surface area (Å²) in [6, 6.07) is 5.99. The second-order valence-corrected chi connectivity index (χ2v) is 7.16. The van der Waals surface area contributed by atoms with Crippen LogP contribution in [-0.4, -0.2) is 40.9 Å². The largest absolute Gasteiger partial charge is 0.494 e. The molecule has 1 aromatic rings. The quantitative estimate of drug-likeness (QED) is 0.563. The summed E-state index contributed by atoms with van der Waals surface area (Å²) in [4.78, 5) is 0.214. The minimum atomic E-state index is -4.38. The molecular formula is C11H16O7S2. The van der Waals surface area contributed by atoms with E-state index < -0.39 is 20.2 Å². The number of hydrogen-bond donors (Lipinski definition) is 1. The first-order valence-corrected chi connectivity index (χ1v) is 8.99. The molecule has 7 nitrogen and oxygen atoms in total. The van der Waals surface area contributed by atoms with Crippen LogP contribution in [0.2, 0.25) is 0 Å². The molecule has 0 aliphatic carbocycles. The molecule has 0 aromatic heterocycles. The average molecular weight is 324 g/mol. The lowest BCUT2D eigenvalue weighted by molar-refractivity contribution is 0.244. The van der Waals surface area contributed by atoms with Gasteiger partial charge in [-0.25, -0.2) is 12.6 Å². The van der Waals surface area contributed by atoms with E-state index in [0.29, 0.717) is 25.2 Å². The molecule has 0 spiro atoms. The van der Waals surface area contributed by atoms with Crippen molar-refractivity contribution >= 4 is 20.2 Å². The molecular weight excluding hydrogens is 308 g/mol.